The molecular weight excluding hydrogens is 240 g/mol. The number of carbonyl (C=O) groups excluding carboxylic acids is 1. The molecule has 1 aromatic carbocycles. The third-order valence-electron chi connectivity index (χ3n) is 3.29. The van der Waals surface area contributed by atoms with E-state index in [-0.39, 0.29) is 12.5 Å². The predicted molar refractivity (Wildman–Crippen MR) is 76.0 cm³/mol. The number of carbonyl (C=O) groups is 1. The van der Waals surface area contributed by atoms with Gasteiger partial charge in [0.2, 0.25) is 0 Å². The molecule has 0 atom stereocenters. The van der Waals surface area contributed by atoms with Crippen LogP contribution in [0.1, 0.15) is 18.4 Å². The molecule has 19 heavy (non-hydrogen) atoms. The maximum absolute atomic E-state index is 11.9. The molecule has 0 aliphatic heterocycles. The Hall–Kier alpha value is -1.97. The van der Waals surface area contributed by atoms with Gasteiger partial charge in [-0.25, -0.2) is 0 Å². The molecular formula is C15H20N2O2. The van der Waals surface area contributed by atoms with E-state index in [1.54, 1.807) is 23.1 Å². The van der Waals surface area contributed by atoms with Crippen LogP contribution in [0.15, 0.2) is 30.9 Å². The van der Waals surface area contributed by atoms with Gasteiger partial charge in [0.15, 0.2) is 6.61 Å². The van der Waals surface area contributed by atoms with Crippen LogP contribution in [0.4, 0.5) is 5.69 Å². The molecule has 4 heteroatoms. The van der Waals surface area contributed by atoms with E-state index in [4.69, 9.17) is 10.5 Å². The molecule has 2 N–H and O–H groups in total. The van der Waals surface area contributed by atoms with Crippen molar-refractivity contribution in [2.75, 3.05) is 19.4 Å². The third-order valence-corrected chi connectivity index (χ3v) is 3.29. The number of amides is 1. The van der Waals surface area contributed by atoms with Crippen molar-refractivity contribution >= 4 is 11.6 Å². The third kappa shape index (κ3) is 3.50. The van der Waals surface area contributed by atoms with E-state index in [2.05, 4.69) is 6.58 Å². The minimum Gasteiger partial charge on any atom is -0.483 e. The van der Waals surface area contributed by atoms with Gasteiger partial charge < -0.3 is 15.4 Å². The van der Waals surface area contributed by atoms with E-state index in [0.29, 0.717) is 23.9 Å². The highest BCUT2D eigenvalue weighted by Crippen LogP contribution is 2.26. The Morgan fingerprint density at radius 1 is 1.58 bits per heavy atom. The summed E-state index contributed by atoms with van der Waals surface area (Å²) < 4.78 is 5.61. The van der Waals surface area contributed by atoms with E-state index in [9.17, 15) is 4.79 Å². The summed E-state index contributed by atoms with van der Waals surface area (Å²) in [4.78, 5) is 13.7. The molecule has 1 aromatic rings. The van der Waals surface area contributed by atoms with E-state index >= 15 is 0 Å². The van der Waals surface area contributed by atoms with Crippen molar-refractivity contribution in [3.8, 4) is 5.75 Å². The van der Waals surface area contributed by atoms with E-state index < -0.39 is 0 Å². The highest BCUT2D eigenvalue weighted by Gasteiger charge is 2.29. The number of hydrogen-bond donors (Lipinski definition) is 1. The lowest BCUT2D eigenvalue weighted by Crippen LogP contribution is -2.33. The van der Waals surface area contributed by atoms with Gasteiger partial charge in [0.25, 0.3) is 5.91 Å². The average molecular weight is 260 g/mol. The second-order valence-corrected chi connectivity index (χ2v) is 4.88. The summed E-state index contributed by atoms with van der Waals surface area (Å²) in [5.74, 6) is 0.718. The molecule has 1 aliphatic carbocycles. The number of anilines is 1. The molecule has 0 bridgehead atoms. The van der Waals surface area contributed by atoms with Crippen LogP contribution in [0.25, 0.3) is 0 Å². The van der Waals surface area contributed by atoms with E-state index in [1.807, 2.05) is 13.1 Å². The van der Waals surface area contributed by atoms with Gasteiger partial charge in [-0.1, -0.05) is 6.08 Å². The first-order valence-corrected chi connectivity index (χ1v) is 6.49. The topological polar surface area (TPSA) is 55.6 Å². The van der Waals surface area contributed by atoms with Gasteiger partial charge in [0.05, 0.1) is 0 Å². The number of nitrogens with two attached hydrogens (primary N) is 1. The maximum Gasteiger partial charge on any atom is 0.260 e. The molecule has 1 aliphatic rings. The summed E-state index contributed by atoms with van der Waals surface area (Å²) in [6, 6.07) is 5.84. The van der Waals surface area contributed by atoms with Crippen LogP contribution in [0.2, 0.25) is 0 Å². The monoisotopic (exact) mass is 260 g/mol. The van der Waals surface area contributed by atoms with Crippen molar-refractivity contribution in [2.45, 2.75) is 25.3 Å². The SMILES string of the molecule is C=CCc1cc(N)ccc1OCC(=O)N(C)C1CC1. The Morgan fingerprint density at radius 2 is 2.32 bits per heavy atom. The van der Waals surface area contributed by atoms with Crippen LogP contribution in [0.5, 0.6) is 5.75 Å². The normalized spacial score (nSPS) is 13.9. The Morgan fingerprint density at radius 3 is 2.95 bits per heavy atom. The largest absolute Gasteiger partial charge is 0.483 e. The fraction of sp³-hybridized carbons (Fsp3) is 0.400. The highest BCUT2D eigenvalue weighted by molar-refractivity contribution is 5.78. The van der Waals surface area contributed by atoms with Crippen molar-refractivity contribution in [3.05, 3.63) is 36.4 Å². The number of rotatable bonds is 6. The first-order chi connectivity index (χ1) is 9.11. The van der Waals surface area contributed by atoms with Crippen molar-refractivity contribution in [1.29, 1.82) is 0 Å². The quantitative estimate of drug-likeness (QED) is 0.628. The predicted octanol–water partition coefficient (Wildman–Crippen LogP) is 2.00. The summed E-state index contributed by atoms with van der Waals surface area (Å²) >= 11 is 0. The summed E-state index contributed by atoms with van der Waals surface area (Å²) in [5, 5.41) is 0. The van der Waals surface area contributed by atoms with Crippen molar-refractivity contribution in [2.24, 2.45) is 0 Å². The number of allylic oxidation sites excluding steroid dienone is 1. The van der Waals surface area contributed by atoms with Crippen LogP contribution in [0, 0.1) is 0 Å². The van der Waals surface area contributed by atoms with Crippen molar-refractivity contribution < 1.29 is 9.53 Å². The zero-order valence-electron chi connectivity index (χ0n) is 11.3. The lowest BCUT2D eigenvalue weighted by atomic mass is 10.1. The maximum atomic E-state index is 11.9. The Bertz CT molecular complexity index is 481. The van der Waals surface area contributed by atoms with Gasteiger partial charge in [0.1, 0.15) is 5.75 Å². The fourth-order valence-corrected chi connectivity index (χ4v) is 1.96. The molecule has 2 rings (SSSR count). The van der Waals surface area contributed by atoms with Crippen LogP contribution >= 0.6 is 0 Å². The van der Waals surface area contributed by atoms with Gasteiger partial charge in [-0.15, -0.1) is 6.58 Å². The zero-order chi connectivity index (χ0) is 13.8. The average Bonchev–Trinajstić information content (AvgIpc) is 3.21. The second-order valence-electron chi connectivity index (χ2n) is 4.88. The Labute approximate surface area is 113 Å². The summed E-state index contributed by atoms with van der Waals surface area (Å²) in [6.07, 6.45) is 4.67. The number of nitrogen functional groups attached to an aromatic ring is 1. The van der Waals surface area contributed by atoms with Crippen molar-refractivity contribution in [1.82, 2.24) is 4.90 Å². The van der Waals surface area contributed by atoms with Gasteiger partial charge in [-0.2, -0.15) is 0 Å². The van der Waals surface area contributed by atoms with Crippen LogP contribution in [0.3, 0.4) is 0 Å². The summed E-state index contributed by atoms with van der Waals surface area (Å²) in [5.41, 5.74) is 7.39. The number of hydrogen-bond acceptors (Lipinski definition) is 3. The molecule has 0 heterocycles. The van der Waals surface area contributed by atoms with Gasteiger partial charge >= 0.3 is 0 Å². The lowest BCUT2D eigenvalue weighted by Gasteiger charge is -2.17. The minimum atomic E-state index is 0.0175. The van der Waals surface area contributed by atoms with Gasteiger partial charge in [-0.05, 0) is 43.0 Å². The molecule has 0 radical (unpaired) electrons. The van der Waals surface area contributed by atoms with Crippen LogP contribution < -0.4 is 10.5 Å². The minimum absolute atomic E-state index is 0.0175. The molecule has 0 unspecified atom stereocenters. The van der Waals surface area contributed by atoms with Gasteiger partial charge in [-0.3, -0.25) is 4.79 Å². The molecule has 0 spiro atoms. The second kappa shape index (κ2) is 5.78. The molecule has 1 amide bonds. The number of likely N-dealkylation sites (N-methyl/N-ethyl adjacent to an activating group) is 1. The van der Waals surface area contributed by atoms with Crippen LogP contribution in [-0.4, -0.2) is 30.5 Å². The summed E-state index contributed by atoms with van der Waals surface area (Å²) in [7, 11) is 1.83. The summed E-state index contributed by atoms with van der Waals surface area (Å²) in [6.45, 7) is 3.78. The molecule has 1 fully saturated rings. The van der Waals surface area contributed by atoms with Crippen molar-refractivity contribution in [3.63, 3.8) is 0 Å². The van der Waals surface area contributed by atoms with E-state index in [1.165, 1.54) is 0 Å². The molecule has 0 aromatic heterocycles. The molecule has 102 valence electrons. The first-order valence-electron chi connectivity index (χ1n) is 6.49. The smallest absolute Gasteiger partial charge is 0.260 e. The Kier molecular flexibility index (Phi) is 4.10. The number of nitrogens with zero attached hydrogens (tertiary/aromatic N) is 1. The molecule has 1 saturated carbocycles. The molecule has 0 saturated heterocycles. The zero-order valence-corrected chi connectivity index (χ0v) is 11.3. The fourth-order valence-electron chi connectivity index (χ4n) is 1.96. The molecule has 4 nitrogen and oxygen atoms in total. The van der Waals surface area contributed by atoms with Crippen LogP contribution in [-0.2, 0) is 11.2 Å². The highest BCUT2D eigenvalue weighted by atomic mass is 16.5. The Balaban J connectivity index is 1.98. The van der Waals surface area contributed by atoms with Gasteiger partial charge in [0, 0.05) is 18.8 Å². The standard InChI is InChI=1S/C15H20N2O2/c1-3-4-11-9-12(16)5-8-14(11)19-10-15(18)17(2)13-6-7-13/h3,5,8-9,13H,1,4,6-7,10,16H2,2H3. The number of ether oxygens (including phenoxy) is 1. The van der Waals surface area contributed by atoms with E-state index in [0.717, 1.165) is 18.4 Å². The lowest BCUT2D eigenvalue weighted by molar-refractivity contribution is -0.132. The first kappa shape index (κ1) is 13.5. The number of benzene rings is 1.